The van der Waals surface area contributed by atoms with Gasteiger partial charge < -0.3 is 9.64 Å². The number of hydrogen-bond donors (Lipinski definition) is 0. The standard InChI is InChI=1S/C16H23Cl2NO2/c1-4-14(5-2)19(10-9-17)16(20)12(3)21-15-8-6-7-13(18)11-15/h6-8,11-12,14H,4-5,9-10H2,1-3H3. The first-order valence-electron chi connectivity index (χ1n) is 7.32. The average Bonchev–Trinajstić information content (AvgIpc) is 2.46. The highest BCUT2D eigenvalue weighted by atomic mass is 35.5. The van der Waals surface area contributed by atoms with Gasteiger partial charge in [0.05, 0.1) is 0 Å². The molecule has 5 heteroatoms. The van der Waals surface area contributed by atoms with E-state index in [2.05, 4.69) is 13.8 Å². The molecule has 1 amide bonds. The molecule has 0 aromatic heterocycles. The van der Waals surface area contributed by atoms with Crippen molar-refractivity contribution in [3.63, 3.8) is 0 Å². The molecule has 0 radical (unpaired) electrons. The summed E-state index contributed by atoms with van der Waals surface area (Å²) in [6.07, 6.45) is 1.25. The summed E-state index contributed by atoms with van der Waals surface area (Å²) in [7, 11) is 0. The number of carbonyl (C=O) groups excluding carboxylic acids is 1. The maximum Gasteiger partial charge on any atom is 0.263 e. The smallest absolute Gasteiger partial charge is 0.263 e. The van der Waals surface area contributed by atoms with Crippen LogP contribution in [0, 0.1) is 0 Å². The van der Waals surface area contributed by atoms with Crippen molar-refractivity contribution in [3.05, 3.63) is 29.3 Å². The zero-order chi connectivity index (χ0) is 15.8. The molecule has 0 aliphatic rings. The molecule has 0 aliphatic heterocycles. The van der Waals surface area contributed by atoms with Gasteiger partial charge in [-0.15, -0.1) is 11.6 Å². The van der Waals surface area contributed by atoms with E-state index in [9.17, 15) is 4.79 Å². The molecule has 118 valence electrons. The minimum absolute atomic E-state index is 0.0377. The number of amides is 1. The van der Waals surface area contributed by atoms with Crippen LogP contribution in [0.2, 0.25) is 5.02 Å². The number of alkyl halides is 1. The number of ether oxygens (including phenoxy) is 1. The molecule has 0 N–H and O–H groups in total. The van der Waals surface area contributed by atoms with Crippen LogP contribution in [0.3, 0.4) is 0 Å². The maximum atomic E-state index is 12.6. The van der Waals surface area contributed by atoms with E-state index < -0.39 is 6.10 Å². The molecule has 1 atom stereocenters. The van der Waals surface area contributed by atoms with Crippen LogP contribution in [0.4, 0.5) is 0 Å². The van der Waals surface area contributed by atoms with Gasteiger partial charge in [-0.2, -0.15) is 0 Å². The molecular weight excluding hydrogens is 309 g/mol. The maximum absolute atomic E-state index is 12.6. The van der Waals surface area contributed by atoms with E-state index in [0.717, 1.165) is 12.8 Å². The highest BCUT2D eigenvalue weighted by molar-refractivity contribution is 6.30. The van der Waals surface area contributed by atoms with E-state index in [1.165, 1.54) is 0 Å². The Morgan fingerprint density at radius 2 is 2.00 bits per heavy atom. The number of benzene rings is 1. The topological polar surface area (TPSA) is 29.5 Å². The highest BCUT2D eigenvalue weighted by Crippen LogP contribution is 2.20. The second-order valence-electron chi connectivity index (χ2n) is 4.91. The van der Waals surface area contributed by atoms with Crippen molar-refractivity contribution in [2.75, 3.05) is 12.4 Å². The summed E-state index contributed by atoms with van der Waals surface area (Å²) >= 11 is 11.8. The molecular formula is C16H23Cl2NO2. The van der Waals surface area contributed by atoms with E-state index in [1.807, 2.05) is 4.90 Å². The number of nitrogens with zero attached hydrogens (tertiary/aromatic N) is 1. The molecule has 1 rings (SSSR count). The third kappa shape index (κ3) is 5.40. The molecule has 1 aromatic rings. The van der Waals surface area contributed by atoms with Gasteiger partial charge in [0.2, 0.25) is 0 Å². The summed E-state index contributed by atoms with van der Waals surface area (Å²) in [5.74, 6) is 0.981. The van der Waals surface area contributed by atoms with Gasteiger partial charge in [-0.3, -0.25) is 4.79 Å². The molecule has 21 heavy (non-hydrogen) atoms. The summed E-state index contributed by atoms with van der Waals surface area (Å²) in [5, 5.41) is 0.588. The lowest BCUT2D eigenvalue weighted by molar-refractivity contribution is -0.140. The molecule has 0 saturated heterocycles. The summed E-state index contributed by atoms with van der Waals surface area (Å²) in [4.78, 5) is 14.4. The molecule has 0 saturated carbocycles. The van der Waals surface area contributed by atoms with Crippen LogP contribution in [0.15, 0.2) is 24.3 Å². The third-order valence-electron chi connectivity index (χ3n) is 3.45. The van der Waals surface area contributed by atoms with Crippen LogP contribution in [0.25, 0.3) is 0 Å². The van der Waals surface area contributed by atoms with Crippen molar-refractivity contribution < 1.29 is 9.53 Å². The van der Waals surface area contributed by atoms with Crippen LogP contribution in [0.1, 0.15) is 33.6 Å². The lowest BCUT2D eigenvalue weighted by Crippen LogP contribution is -2.47. The van der Waals surface area contributed by atoms with Crippen molar-refractivity contribution in [2.24, 2.45) is 0 Å². The lowest BCUT2D eigenvalue weighted by Gasteiger charge is -2.32. The lowest BCUT2D eigenvalue weighted by atomic mass is 10.1. The minimum atomic E-state index is -0.563. The zero-order valence-electron chi connectivity index (χ0n) is 12.8. The normalized spacial score (nSPS) is 12.3. The van der Waals surface area contributed by atoms with E-state index in [4.69, 9.17) is 27.9 Å². The van der Waals surface area contributed by atoms with Gasteiger partial charge in [-0.1, -0.05) is 31.5 Å². The van der Waals surface area contributed by atoms with Crippen molar-refractivity contribution in [3.8, 4) is 5.75 Å². The van der Waals surface area contributed by atoms with Crippen molar-refractivity contribution in [2.45, 2.75) is 45.8 Å². The van der Waals surface area contributed by atoms with Gasteiger partial charge in [0.1, 0.15) is 5.75 Å². The van der Waals surface area contributed by atoms with E-state index in [-0.39, 0.29) is 11.9 Å². The molecule has 0 aliphatic carbocycles. The molecule has 1 unspecified atom stereocenters. The van der Waals surface area contributed by atoms with Gasteiger partial charge in [0.25, 0.3) is 5.91 Å². The molecule has 3 nitrogen and oxygen atoms in total. The Hall–Kier alpha value is -0.930. The van der Waals surface area contributed by atoms with Gasteiger partial charge in [0.15, 0.2) is 6.10 Å². The molecule has 0 fully saturated rings. The second-order valence-corrected chi connectivity index (χ2v) is 5.72. The molecule has 1 aromatic carbocycles. The van der Waals surface area contributed by atoms with Crippen LogP contribution in [0.5, 0.6) is 5.75 Å². The number of hydrogen-bond acceptors (Lipinski definition) is 2. The number of halogens is 2. The summed E-state index contributed by atoms with van der Waals surface area (Å²) < 4.78 is 5.70. The zero-order valence-corrected chi connectivity index (χ0v) is 14.3. The largest absolute Gasteiger partial charge is 0.481 e. The summed E-state index contributed by atoms with van der Waals surface area (Å²) in [5.41, 5.74) is 0. The van der Waals surface area contributed by atoms with Crippen LogP contribution >= 0.6 is 23.2 Å². The van der Waals surface area contributed by atoms with Crippen LogP contribution < -0.4 is 4.74 Å². The summed E-state index contributed by atoms with van der Waals surface area (Å²) in [6.45, 7) is 6.44. The van der Waals surface area contributed by atoms with Crippen molar-refractivity contribution in [1.29, 1.82) is 0 Å². The quantitative estimate of drug-likeness (QED) is 0.662. The SMILES string of the molecule is CCC(CC)N(CCCl)C(=O)C(C)Oc1cccc(Cl)c1. The molecule has 0 spiro atoms. The van der Waals surface area contributed by atoms with Crippen LogP contribution in [-0.2, 0) is 4.79 Å². The monoisotopic (exact) mass is 331 g/mol. The average molecular weight is 332 g/mol. The number of carbonyl (C=O) groups is 1. The van der Waals surface area contributed by atoms with E-state index in [1.54, 1.807) is 31.2 Å². The Kier molecular flexibility index (Phi) is 7.91. The van der Waals surface area contributed by atoms with Gasteiger partial charge in [-0.05, 0) is 38.0 Å². The van der Waals surface area contributed by atoms with Crippen LogP contribution in [-0.4, -0.2) is 35.4 Å². The second kappa shape index (κ2) is 9.16. The first-order valence-corrected chi connectivity index (χ1v) is 8.23. The predicted octanol–water partition coefficient (Wildman–Crippen LogP) is 4.36. The predicted molar refractivity (Wildman–Crippen MR) is 88.3 cm³/mol. The van der Waals surface area contributed by atoms with Gasteiger partial charge in [-0.25, -0.2) is 0 Å². The number of rotatable bonds is 8. The molecule has 0 bridgehead atoms. The Labute approximate surface area is 137 Å². The Morgan fingerprint density at radius 1 is 1.33 bits per heavy atom. The Morgan fingerprint density at radius 3 is 2.52 bits per heavy atom. The summed E-state index contributed by atoms with van der Waals surface area (Å²) in [6, 6.07) is 7.26. The first-order chi connectivity index (χ1) is 10.0. The first kappa shape index (κ1) is 18.1. The fourth-order valence-electron chi connectivity index (χ4n) is 2.32. The van der Waals surface area contributed by atoms with E-state index in [0.29, 0.717) is 23.2 Å². The molecule has 0 heterocycles. The fourth-order valence-corrected chi connectivity index (χ4v) is 2.68. The Balaban J connectivity index is 2.77. The van der Waals surface area contributed by atoms with Crippen molar-refractivity contribution >= 4 is 29.1 Å². The van der Waals surface area contributed by atoms with Crippen molar-refractivity contribution in [1.82, 2.24) is 4.90 Å². The van der Waals surface area contributed by atoms with Gasteiger partial charge >= 0.3 is 0 Å². The Bertz CT molecular complexity index is 450. The minimum Gasteiger partial charge on any atom is -0.481 e. The third-order valence-corrected chi connectivity index (χ3v) is 3.85. The van der Waals surface area contributed by atoms with Gasteiger partial charge in [0, 0.05) is 23.5 Å². The highest BCUT2D eigenvalue weighted by Gasteiger charge is 2.26. The fraction of sp³-hybridized carbons (Fsp3) is 0.562. The van der Waals surface area contributed by atoms with E-state index >= 15 is 0 Å².